The van der Waals surface area contributed by atoms with Crippen LogP contribution in [0.3, 0.4) is 0 Å². The van der Waals surface area contributed by atoms with Gasteiger partial charge in [-0.3, -0.25) is 0 Å². The van der Waals surface area contributed by atoms with Crippen molar-refractivity contribution in [3.8, 4) is 0 Å². The Kier molecular flexibility index (Phi) is 2.47. The van der Waals surface area contributed by atoms with Gasteiger partial charge in [0.1, 0.15) is 5.82 Å². The number of benzene rings is 1. The van der Waals surface area contributed by atoms with Gasteiger partial charge in [-0.25, -0.2) is 12.8 Å². The Balaban J connectivity index is 3.43. The quantitative estimate of drug-likeness (QED) is 0.676. The molecule has 2 nitrogen and oxygen atoms in total. The molecule has 0 atom stereocenters. The summed E-state index contributed by atoms with van der Waals surface area (Å²) in [6, 6.07) is 2.58. The fourth-order valence-corrected chi connectivity index (χ4v) is 1.61. The van der Waals surface area contributed by atoms with Crippen molar-refractivity contribution in [1.29, 1.82) is 0 Å². The molecule has 0 aromatic heterocycles. The van der Waals surface area contributed by atoms with Gasteiger partial charge in [-0.15, -0.1) is 0 Å². The van der Waals surface area contributed by atoms with Gasteiger partial charge in [0.15, 0.2) is 10.7 Å². The Labute approximate surface area is 72.0 Å². The largest absolute Gasteiger partial charge is 0.227 e. The molecule has 0 aliphatic carbocycles. The van der Waals surface area contributed by atoms with Crippen LogP contribution < -0.4 is 0 Å². The average molecular weight is 188 g/mol. The molecular formula is C8H9FO2S. The Bertz CT molecular complexity index is 375. The summed E-state index contributed by atoms with van der Waals surface area (Å²) >= 11 is 0. The van der Waals surface area contributed by atoms with Crippen molar-refractivity contribution in [2.24, 2.45) is 0 Å². The molecule has 0 unspecified atom stereocenters. The zero-order valence-electron chi connectivity index (χ0n) is 6.80. The number of aryl methyl sites for hydroxylation is 2. The molecular weight excluding hydrogens is 179 g/mol. The molecule has 0 fully saturated rings. The van der Waals surface area contributed by atoms with Gasteiger partial charge in [0, 0.05) is 0 Å². The fourth-order valence-electron chi connectivity index (χ4n) is 0.962. The van der Waals surface area contributed by atoms with Crippen molar-refractivity contribution in [2.45, 2.75) is 18.7 Å². The van der Waals surface area contributed by atoms with Gasteiger partial charge in [0.05, 0.1) is 4.90 Å². The molecule has 0 saturated heterocycles. The van der Waals surface area contributed by atoms with E-state index in [-0.39, 0.29) is 10.7 Å². The molecule has 0 bridgehead atoms. The predicted octanol–water partition coefficient (Wildman–Crippen LogP) is 1.41. The van der Waals surface area contributed by atoms with E-state index in [0.29, 0.717) is 11.1 Å². The standard InChI is InChI=1S/C8H9FO2S/c1-5-4-8(12(10)11)6(2)3-7(5)9/h3-4,12H,1-2H3. The van der Waals surface area contributed by atoms with E-state index in [0.717, 1.165) is 0 Å². The summed E-state index contributed by atoms with van der Waals surface area (Å²) in [6.45, 7) is 3.11. The van der Waals surface area contributed by atoms with Gasteiger partial charge in [0.25, 0.3) is 0 Å². The van der Waals surface area contributed by atoms with E-state index in [9.17, 15) is 12.8 Å². The first kappa shape index (κ1) is 9.19. The number of hydrogen-bond acceptors (Lipinski definition) is 2. The van der Waals surface area contributed by atoms with Gasteiger partial charge in [-0.2, -0.15) is 0 Å². The van der Waals surface area contributed by atoms with Gasteiger partial charge < -0.3 is 0 Å². The minimum atomic E-state index is -2.61. The van der Waals surface area contributed by atoms with E-state index in [2.05, 4.69) is 0 Å². The van der Waals surface area contributed by atoms with Crippen LogP contribution in [0.2, 0.25) is 0 Å². The van der Waals surface area contributed by atoms with Gasteiger partial charge in [-0.05, 0) is 37.1 Å². The molecule has 0 aliphatic heterocycles. The van der Waals surface area contributed by atoms with Crippen LogP contribution in [0.4, 0.5) is 4.39 Å². The lowest BCUT2D eigenvalue weighted by atomic mass is 10.1. The minimum absolute atomic E-state index is 0.198. The summed E-state index contributed by atoms with van der Waals surface area (Å²) in [5.74, 6) is -0.367. The number of hydrogen-bond donors (Lipinski definition) is 1. The second kappa shape index (κ2) is 3.23. The summed E-state index contributed by atoms with van der Waals surface area (Å²) in [5.41, 5.74) is 0.809. The maximum Gasteiger partial charge on any atom is 0.168 e. The zero-order valence-corrected chi connectivity index (χ0v) is 7.69. The van der Waals surface area contributed by atoms with Crippen LogP contribution >= 0.6 is 0 Å². The van der Waals surface area contributed by atoms with Crippen LogP contribution in [0.25, 0.3) is 0 Å². The second-order valence-electron chi connectivity index (χ2n) is 2.64. The summed E-state index contributed by atoms with van der Waals surface area (Å²) in [5, 5.41) is 0. The molecule has 0 radical (unpaired) electrons. The molecule has 0 saturated carbocycles. The lowest BCUT2D eigenvalue weighted by Crippen LogP contribution is -1.91. The molecule has 1 aromatic carbocycles. The Morgan fingerprint density at radius 3 is 2.25 bits per heavy atom. The SMILES string of the molecule is Cc1cc([SH](=O)=O)c(C)cc1F. The van der Waals surface area contributed by atoms with Gasteiger partial charge in [0.2, 0.25) is 0 Å². The zero-order chi connectivity index (χ0) is 9.30. The molecule has 0 N–H and O–H groups in total. The van der Waals surface area contributed by atoms with E-state index in [4.69, 9.17) is 0 Å². The van der Waals surface area contributed by atoms with Crippen LogP contribution in [0, 0.1) is 19.7 Å². The predicted molar refractivity (Wildman–Crippen MR) is 44.5 cm³/mol. The highest BCUT2D eigenvalue weighted by atomic mass is 32.2. The van der Waals surface area contributed by atoms with Crippen LogP contribution in [0.1, 0.15) is 11.1 Å². The Morgan fingerprint density at radius 1 is 1.17 bits per heavy atom. The molecule has 0 amide bonds. The Morgan fingerprint density at radius 2 is 1.75 bits per heavy atom. The average Bonchev–Trinajstić information content (AvgIpc) is 1.96. The monoisotopic (exact) mass is 188 g/mol. The molecule has 4 heteroatoms. The number of rotatable bonds is 1. The Hall–Kier alpha value is -0.900. The minimum Gasteiger partial charge on any atom is -0.227 e. The van der Waals surface area contributed by atoms with Crippen LogP contribution in [-0.4, -0.2) is 8.42 Å². The smallest absolute Gasteiger partial charge is 0.168 e. The maximum absolute atomic E-state index is 12.8. The molecule has 0 aliphatic rings. The normalized spacial score (nSPS) is 10.7. The van der Waals surface area contributed by atoms with Gasteiger partial charge in [-0.1, -0.05) is 0 Å². The first-order valence-corrected chi connectivity index (χ1v) is 4.61. The summed E-state index contributed by atoms with van der Waals surface area (Å²) in [4.78, 5) is 0.198. The topological polar surface area (TPSA) is 34.1 Å². The van der Waals surface area contributed by atoms with Crippen LogP contribution in [-0.2, 0) is 10.7 Å². The van der Waals surface area contributed by atoms with Crippen molar-refractivity contribution in [2.75, 3.05) is 0 Å². The van der Waals surface area contributed by atoms with Crippen molar-refractivity contribution >= 4 is 10.7 Å². The maximum atomic E-state index is 12.8. The molecule has 0 spiro atoms. The van der Waals surface area contributed by atoms with Crippen molar-refractivity contribution in [3.05, 3.63) is 29.1 Å². The number of thiol groups is 1. The molecule has 1 rings (SSSR count). The van der Waals surface area contributed by atoms with Gasteiger partial charge >= 0.3 is 0 Å². The third-order valence-corrected chi connectivity index (χ3v) is 2.55. The van der Waals surface area contributed by atoms with Crippen molar-refractivity contribution in [1.82, 2.24) is 0 Å². The second-order valence-corrected chi connectivity index (χ2v) is 3.64. The first-order chi connectivity index (χ1) is 5.52. The molecule has 0 heterocycles. The fraction of sp³-hybridized carbons (Fsp3) is 0.250. The lowest BCUT2D eigenvalue weighted by Gasteiger charge is -2.00. The highest BCUT2D eigenvalue weighted by molar-refractivity contribution is 7.72. The highest BCUT2D eigenvalue weighted by Crippen LogP contribution is 2.15. The lowest BCUT2D eigenvalue weighted by molar-refractivity contribution is 0.607. The molecule has 1 aromatic rings. The van der Waals surface area contributed by atoms with E-state index in [1.165, 1.54) is 19.1 Å². The third-order valence-electron chi connectivity index (χ3n) is 1.67. The van der Waals surface area contributed by atoms with Crippen LogP contribution in [0.15, 0.2) is 17.0 Å². The van der Waals surface area contributed by atoms with Crippen LogP contribution in [0.5, 0.6) is 0 Å². The summed E-state index contributed by atoms with van der Waals surface area (Å²) < 4.78 is 34.0. The third kappa shape index (κ3) is 1.64. The van der Waals surface area contributed by atoms with E-state index >= 15 is 0 Å². The van der Waals surface area contributed by atoms with Crippen molar-refractivity contribution in [3.63, 3.8) is 0 Å². The number of halogens is 1. The summed E-state index contributed by atoms with van der Waals surface area (Å²) in [6.07, 6.45) is 0. The highest BCUT2D eigenvalue weighted by Gasteiger charge is 2.04. The van der Waals surface area contributed by atoms with E-state index in [1.807, 2.05) is 0 Å². The van der Waals surface area contributed by atoms with Crippen molar-refractivity contribution < 1.29 is 12.8 Å². The first-order valence-electron chi connectivity index (χ1n) is 3.43. The molecule has 66 valence electrons. The van der Waals surface area contributed by atoms with E-state index in [1.54, 1.807) is 6.92 Å². The van der Waals surface area contributed by atoms with E-state index < -0.39 is 10.7 Å². The molecule has 12 heavy (non-hydrogen) atoms. The summed E-state index contributed by atoms with van der Waals surface area (Å²) in [7, 11) is -2.61.